The number of ether oxygens (including phenoxy) is 1. The number of fused-ring (bicyclic) bond motifs is 7. The maximum absolute atomic E-state index is 13.8. The van der Waals surface area contributed by atoms with Gasteiger partial charge in [-0.3, -0.25) is 14.4 Å². The maximum atomic E-state index is 13.8. The number of nitrogens with one attached hydrogen (secondary N) is 1. The number of aliphatic hydroxyl groups excluding tert-OH is 1. The fourth-order valence-electron chi connectivity index (χ4n) is 12.1. The average Bonchev–Trinajstić information content (AvgIpc) is 3.59. The third-order valence-corrected chi connectivity index (χ3v) is 14.1. The summed E-state index contributed by atoms with van der Waals surface area (Å²) in [4.78, 5) is 56.2. The molecule has 4 fully saturated rings. The first-order chi connectivity index (χ1) is 22.9. The molecule has 5 aliphatic rings. The summed E-state index contributed by atoms with van der Waals surface area (Å²) in [6.07, 6.45) is 12.6. The van der Waals surface area contributed by atoms with Gasteiger partial charge in [0.1, 0.15) is 12.4 Å². The van der Waals surface area contributed by atoms with Gasteiger partial charge in [-0.2, -0.15) is 0 Å². The van der Waals surface area contributed by atoms with Crippen molar-refractivity contribution >= 4 is 23.9 Å². The number of aliphatic hydroxyl groups is 1. The zero-order valence-electron chi connectivity index (χ0n) is 31.7. The van der Waals surface area contributed by atoms with Crippen molar-refractivity contribution in [3.8, 4) is 0 Å². The van der Waals surface area contributed by atoms with Gasteiger partial charge in [0.15, 0.2) is 11.6 Å². The third-order valence-electron chi connectivity index (χ3n) is 14.1. The number of ketones is 1. The van der Waals surface area contributed by atoms with E-state index >= 15 is 0 Å². The van der Waals surface area contributed by atoms with Crippen molar-refractivity contribution in [1.82, 2.24) is 14.9 Å². The minimum atomic E-state index is -0.719. The summed E-state index contributed by atoms with van der Waals surface area (Å²) in [5.41, 5.74) is 0.915. The van der Waals surface area contributed by atoms with Crippen LogP contribution in [0.15, 0.2) is 23.5 Å². The molecule has 0 aromatic carbocycles. The number of rotatable bonds is 7. The van der Waals surface area contributed by atoms with Crippen LogP contribution in [0.1, 0.15) is 130 Å². The molecule has 0 radical (unpaired) electrons. The summed E-state index contributed by atoms with van der Waals surface area (Å²) < 4.78 is 7.92. The standard InChI is InChI=1S/C39H57N3O5.CH4O/c1-23(2)31-26(44)20-39(41-34(46)33-40-18-19-42(33)9)17-12-25-24(32(31)39)10-11-28-37(25,7)15-13-27-36(5,6)29(14-16-38(27,28)8)47-30(45)21-35(3,4)22-43;1-2/h18-19,22-25,27-29H,10-17,20-21H2,1-9H3,(H,41,46);2H,1H3. The molecule has 1 heterocycles. The van der Waals surface area contributed by atoms with Crippen molar-refractivity contribution in [1.29, 1.82) is 0 Å². The quantitative estimate of drug-likeness (QED) is 0.245. The molecule has 0 saturated heterocycles. The van der Waals surface area contributed by atoms with Crippen molar-refractivity contribution in [2.24, 2.45) is 58.3 Å². The number of Topliss-reactive ketones (excluding diaryl/α,β-unsaturated/α-hetero) is 1. The Morgan fingerprint density at radius 2 is 1.71 bits per heavy atom. The van der Waals surface area contributed by atoms with Crippen molar-refractivity contribution < 1.29 is 29.0 Å². The topological polar surface area (TPSA) is 128 Å². The van der Waals surface area contributed by atoms with Gasteiger partial charge in [-0.1, -0.05) is 55.4 Å². The first kappa shape index (κ1) is 37.4. The number of carbonyl (C=O) groups is 4. The van der Waals surface area contributed by atoms with Crippen molar-refractivity contribution in [3.05, 3.63) is 29.4 Å². The molecular weight excluding hydrogens is 618 g/mol. The molecule has 9 heteroatoms. The molecule has 6 rings (SSSR count). The minimum absolute atomic E-state index is 0.106. The second kappa shape index (κ2) is 13.1. The van der Waals surface area contributed by atoms with Crippen LogP contribution in [0.25, 0.3) is 0 Å². The van der Waals surface area contributed by atoms with Crippen LogP contribution in [0, 0.1) is 51.2 Å². The lowest BCUT2D eigenvalue weighted by molar-refractivity contribution is -0.213. The minimum Gasteiger partial charge on any atom is -0.462 e. The number of hydrogen-bond acceptors (Lipinski definition) is 7. The van der Waals surface area contributed by atoms with Gasteiger partial charge >= 0.3 is 5.97 Å². The highest BCUT2D eigenvalue weighted by Gasteiger charge is 2.67. The predicted molar refractivity (Wildman–Crippen MR) is 188 cm³/mol. The summed E-state index contributed by atoms with van der Waals surface area (Å²) in [6, 6.07) is 0. The van der Waals surface area contributed by atoms with E-state index in [1.54, 1.807) is 30.8 Å². The second-order valence-corrected chi connectivity index (χ2v) is 18.1. The van der Waals surface area contributed by atoms with Gasteiger partial charge in [0.25, 0.3) is 5.91 Å². The number of carbonyl (C=O) groups excluding carboxylic acids is 4. The molecule has 5 aliphatic carbocycles. The Morgan fingerprint density at radius 1 is 1.04 bits per heavy atom. The lowest BCUT2D eigenvalue weighted by atomic mass is 9.37. The number of nitrogens with zero attached hydrogens (tertiary/aromatic N) is 2. The van der Waals surface area contributed by atoms with Crippen LogP contribution in [0.3, 0.4) is 0 Å². The zero-order chi connectivity index (χ0) is 36.3. The Hall–Kier alpha value is -2.81. The van der Waals surface area contributed by atoms with Gasteiger partial charge < -0.3 is 24.5 Å². The van der Waals surface area contributed by atoms with E-state index in [-0.39, 0.29) is 58.3 Å². The highest BCUT2D eigenvalue weighted by Crippen LogP contribution is 2.72. The van der Waals surface area contributed by atoms with E-state index in [2.05, 4.69) is 51.8 Å². The summed E-state index contributed by atoms with van der Waals surface area (Å²) in [5.74, 6) is 1.91. The first-order valence-corrected chi connectivity index (χ1v) is 18.6. The van der Waals surface area contributed by atoms with Crippen molar-refractivity contribution in [2.75, 3.05) is 7.11 Å². The van der Waals surface area contributed by atoms with Gasteiger partial charge in [-0.15, -0.1) is 0 Å². The first-order valence-electron chi connectivity index (χ1n) is 18.6. The van der Waals surface area contributed by atoms with Gasteiger partial charge in [0.05, 0.1) is 12.0 Å². The highest BCUT2D eigenvalue weighted by molar-refractivity contribution is 6.03. The van der Waals surface area contributed by atoms with Crippen LogP contribution in [-0.2, 0) is 26.2 Å². The highest BCUT2D eigenvalue weighted by atomic mass is 16.5. The van der Waals surface area contributed by atoms with Crippen LogP contribution in [0.4, 0.5) is 0 Å². The molecule has 0 spiro atoms. The summed E-state index contributed by atoms with van der Waals surface area (Å²) in [7, 11) is 2.83. The Labute approximate surface area is 293 Å². The van der Waals surface area contributed by atoms with E-state index < -0.39 is 11.0 Å². The van der Waals surface area contributed by atoms with Crippen LogP contribution < -0.4 is 5.32 Å². The summed E-state index contributed by atoms with van der Waals surface area (Å²) in [6.45, 7) is 17.5. The number of aldehydes is 1. The van der Waals surface area contributed by atoms with Crippen LogP contribution in [0.5, 0.6) is 0 Å². The van der Waals surface area contributed by atoms with E-state index in [1.165, 1.54) is 5.57 Å². The molecule has 8 atom stereocenters. The Kier molecular flexibility index (Phi) is 9.98. The monoisotopic (exact) mass is 679 g/mol. The van der Waals surface area contributed by atoms with Crippen LogP contribution in [-0.4, -0.2) is 57.4 Å². The number of aryl methyl sites for hydroxylation is 1. The molecular formula is C40H61N3O6. The van der Waals surface area contributed by atoms with Gasteiger partial charge in [-0.25, -0.2) is 4.98 Å². The smallest absolute Gasteiger partial charge is 0.307 e. The van der Waals surface area contributed by atoms with E-state index in [0.29, 0.717) is 30.0 Å². The Balaban J connectivity index is 0.00000230. The number of amides is 1. The fourth-order valence-corrected chi connectivity index (χ4v) is 12.1. The molecule has 1 aromatic rings. The SMILES string of the molecule is CC(C)C1=C2C3CCC4C(C)(CCC5C(C)(C)C(OC(=O)CC(C)(C)C=O)CCC54C)C3CCC2(NC(=O)c2nccn2C)CC1=O.CO. The van der Waals surface area contributed by atoms with Gasteiger partial charge in [0.2, 0.25) is 0 Å². The summed E-state index contributed by atoms with van der Waals surface area (Å²) in [5, 5.41) is 10.4. The van der Waals surface area contributed by atoms with Crippen LogP contribution >= 0.6 is 0 Å². The molecule has 1 amide bonds. The molecule has 1 aromatic heterocycles. The number of allylic oxidation sites excluding steroid dienone is 1. The van der Waals surface area contributed by atoms with E-state index in [1.807, 2.05) is 7.05 Å². The molecule has 0 aliphatic heterocycles. The molecule has 272 valence electrons. The van der Waals surface area contributed by atoms with Crippen LogP contribution in [0.2, 0.25) is 0 Å². The normalized spacial score (nSPS) is 36.4. The lowest BCUT2D eigenvalue weighted by Gasteiger charge is -2.68. The largest absolute Gasteiger partial charge is 0.462 e. The van der Waals surface area contributed by atoms with Crippen molar-refractivity contribution in [2.45, 2.75) is 131 Å². The third kappa shape index (κ3) is 6.03. The second-order valence-electron chi connectivity index (χ2n) is 18.1. The molecule has 8 unspecified atom stereocenters. The molecule has 0 bridgehead atoms. The zero-order valence-corrected chi connectivity index (χ0v) is 31.7. The maximum Gasteiger partial charge on any atom is 0.307 e. The summed E-state index contributed by atoms with van der Waals surface area (Å²) >= 11 is 0. The van der Waals surface area contributed by atoms with Gasteiger partial charge in [0, 0.05) is 43.8 Å². The number of hydrogen-bond donors (Lipinski definition) is 2. The Morgan fingerprint density at radius 3 is 2.33 bits per heavy atom. The molecule has 9 nitrogen and oxygen atoms in total. The van der Waals surface area contributed by atoms with Crippen molar-refractivity contribution in [3.63, 3.8) is 0 Å². The number of esters is 1. The molecule has 4 saturated carbocycles. The van der Waals surface area contributed by atoms with Gasteiger partial charge in [-0.05, 0) is 103 Å². The molecule has 2 N–H and O–H groups in total. The average molecular weight is 680 g/mol. The van der Waals surface area contributed by atoms with E-state index in [9.17, 15) is 19.2 Å². The van der Waals surface area contributed by atoms with E-state index in [4.69, 9.17) is 9.84 Å². The number of aromatic nitrogens is 2. The molecule has 49 heavy (non-hydrogen) atoms. The Bertz CT molecular complexity index is 1510. The fraction of sp³-hybridized carbons (Fsp3) is 0.775. The lowest BCUT2D eigenvalue weighted by Crippen LogP contribution is -2.64. The van der Waals surface area contributed by atoms with E-state index in [0.717, 1.165) is 70.3 Å². The predicted octanol–water partition coefficient (Wildman–Crippen LogP) is 6.63. The number of imidazole rings is 1.